The van der Waals surface area contributed by atoms with E-state index in [1.165, 1.54) is 0 Å². The maximum Gasteiger partial charge on any atom is 0.254 e. The fourth-order valence-electron chi connectivity index (χ4n) is 3.85. The Bertz CT molecular complexity index is 1160. The number of rotatable bonds is 7. The molecule has 2 aromatic heterocycles. The zero-order valence-corrected chi connectivity index (χ0v) is 18.0. The average molecular weight is 435 g/mol. The third kappa shape index (κ3) is 4.61. The lowest BCUT2D eigenvalue weighted by Crippen LogP contribution is -2.42. The molecule has 3 aromatic rings. The molecule has 0 spiro atoms. The van der Waals surface area contributed by atoms with Crippen LogP contribution >= 0.6 is 0 Å². The number of hydrogen-bond acceptors (Lipinski definition) is 5. The van der Waals surface area contributed by atoms with Crippen LogP contribution in [0.1, 0.15) is 55.3 Å². The first-order valence-corrected chi connectivity index (χ1v) is 10.7. The molecule has 0 fully saturated rings. The molecule has 9 heteroatoms. The maximum atomic E-state index is 12.8. The summed E-state index contributed by atoms with van der Waals surface area (Å²) in [7, 11) is 0. The zero-order valence-electron chi connectivity index (χ0n) is 18.0. The second kappa shape index (κ2) is 9.17. The fraction of sp³-hybridized carbons (Fsp3) is 0.348. The van der Waals surface area contributed by atoms with Crippen LogP contribution in [0, 0.1) is 5.92 Å². The normalized spacial score (nSPS) is 16.8. The molecule has 1 aliphatic heterocycles. The number of fused-ring (bicyclic) bond motifs is 2. The summed E-state index contributed by atoms with van der Waals surface area (Å²) < 4.78 is 1.86. The second-order valence-corrected chi connectivity index (χ2v) is 8.34. The Morgan fingerprint density at radius 2 is 1.91 bits per heavy atom. The first kappa shape index (κ1) is 21.5. The molecule has 1 aliphatic rings. The van der Waals surface area contributed by atoms with Gasteiger partial charge in [-0.05, 0) is 43.0 Å². The number of nitrogens with zero attached hydrogens (tertiary/aromatic N) is 3. The molecule has 0 radical (unpaired) electrons. The molecule has 0 aliphatic carbocycles. The number of para-hydroxylation sites is 1. The summed E-state index contributed by atoms with van der Waals surface area (Å²) in [5.74, 6) is 0.0998. The van der Waals surface area contributed by atoms with E-state index in [1.807, 2.05) is 28.8 Å². The van der Waals surface area contributed by atoms with Crippen LogP contribution in [0.5, 0.6) is 0 Å². The number of benzene rings is 1. The smallest absolute Gasteiger partial charge is 0.254 e. The van der Waals surface area contributed by atoms with Crippen LogP contribution in [0.3, 0.4) is 0 Å². The molecule has 0 saturated heterocycles. The van der Waals surface area contributed by atoms with Crippen LogP contribution < -0.4 is 16.0 Å². The summed E-state index contributed by atoms with van der Waals surface area (Å²) in [5, 5.41) is 17.0. The highest BCUT2D eigenvalue weighted by Gasteiger charge is 2.28. The summed E-state index contributed by atoms with van der Waals surface area (Å²) in [6.07, 6.45) is 2.83. The van der Waals surface area contributed by atoms with Gasteiger partial charge < -0.3 is 16.0 Å². The number of carbonyl (C=O) groups excluding carboxylic acids is 3. The molecule has 3 N–H and O–H groups in total. The molecule has 0 saturated carbocycles. The number of anilines is 1. The van der Waals surface area contributed by atoms with E-state index in [2.05, 4.69) is 40.0 Å². The van der Waals surface area contributed by atoms with Gasteiger partial charge in [0, 0.05) is 12.6 Å². The Balaban J connectivity index is 1.43. The van der Waals surface area contributed by atoms with Crippen LogP contribution in [0.15, 0.2) is 48.7 Å². The van der Waals surface area contributed by atoms with Gasteiger partial charge in [-0.15, -0.1) is 10.2 Å². The predicted octanol–water partition coefficient (Wildman–Crippen LogP) is 2.46. The highest BCUT2D eigenvalue weighted by atomic mass is 16.2. The number of pyridine rings is 1. The summed E-state index contributed by atoms with van der Waals surface area (Å²) >= 11 is 0. The van der Waals surface area contributed by atoms with Gasteiger partial charge in [0.1, 0.15) is 6.04 Å². The summed E-state index contributed by atoms with van der Waals surface area (Å²) in [6, 6.07) is 11.3. The number of aromatic nitrogens is 3. The van der Waals surface area contributed by atoms with Crippen LogP contribution in [-0.4, -0.2) is 38.4 Å². The minimum atomic E-state index is -0.793. The topological polar surface area (TPSA) is 117 Å². The summed E-state index contributed by atoms with van der Waals surface area (Å²) in [5.41, 5.74) is 1.59. The molecule has 1 aromatic carbocycles. The van der Waals surface area contributed by atoms with Gasteiger partial charge in [-0.2, -0.15) is 0 Å². The zero-order chi connectivity index (χ0) is 22.7. The van der Waals surface area contributed by atoms with Crippen molar-refractivity contribution in [3.63, 3.8) is 0 Å². The number of nitrogens with one attached hydrogen (secondary N) is 3. The predicted molar refractivity (Wildman–Crippen MR) is 119 cm³/mol. The van der Waals surface area contributed by atoms with Gasteiger partial charge in [-0.25, -0.2) is 0 Å². The Morgan fingerprint density at radius 3 is 2.72 bits per heavy atom. The molecular weight excluding hydrogens is 408 g/mol. The van der Waals surface area contributed by atoms with Gasteiger partial charge in [0.05, 0.1) is 17.3 Å². The Labute approximate surface area is 185 Å². The molecular formula is C23H26N6O3. The van der Waals surface area contributed by atoms with Crippen molar-refractivity contribution >= 4 is 29.1 Å². The van der Waals surface area contributed by atoms with Crippen LogP contribution in [0.4, 0.5) is 5.69 Å². The van der Waals surface area contributed by atoms with Crippen LogP contribution in [0.25, 0.3) is 5.65 Å². The molecule has 32 heavy (non-hydrogen) atoms. The minimum absolute atomic E-state index is 0.0834. The highest BCUT2D eigenvalue weighted by Crippen LogP contribution is 2.22. The van der Waals surface area contributed by atoms with Crippen molar-refractivity contribution in [2.24, 2.45) is 5.92 Å². The quantitative estimate of drug-likeness (QED) is 0.528. The van der Waals surface area contributed by atoms with Crippen LogP contribution in [0.2, 0.25) is 0 Å². The molecule has 0 bridgehead atoms. The molecule has 4 rings (SSSR count). The van der Waals surface area contributed by atoms with E-state index in [9.17, 15) is 14.4 Å². The Hall–Kier alpha value is -3.75. The van der Waals surface area contributed by atoms with E-state index in [4.69, 9.17) is 0 Å². The summed E-state index contributed by atoms with van der Waals surface area (Å²) in [6.45, 7) is 4.15. The minimum Gasteiger partial charge on any atom is -0.346 e. The van der Waals surface area contributed by atoms with Gasteiger partial charge >= 0.3 is 0 Å². The number of amides is 3. The largest absolute Gasteiger partial charge is 0.346 e. The van der Waals surface area contributed by atoms with Crippen molar-refractivity contribution in [2.45, 2.75) is 45.2 Å². The lowest BCUT2D eigenvalue weighted by Gasteiger charge is -2.20. The van der Waals surface area contributed by atoms with Gasteiger partial charge in [0.15, 0.2) is 11.5 Å². The third-order valence-electron chi connectivity index (χ3n) is 5.41. The standard InChI is InChI=1S/C23H26N6O3/c1-14(2)13-18(21-28-27-19-9-5-6-12-29(19)21)24-20(30)11-10-17-23(32)25-16-8-4-3-7-15(16)22(31)26-17/h3-9,12,14,17-18H,10-11,13H2,1-2H3,(H,24,30)(H,25,32)(H,26,31). The second-order valence-electron chi connectivity index (χ2n) is 8.34. The molecule has 3 heterocycles. The highest BCUT2D eigenvalue weighted by molar-refractivity contribution is 6.09. The third-order valence-corrected chi connectivity index (χ3v) is 5.41. The van der Waals surface area contributed by atoms with Gasteiger partial charge in [-0.1, -0.05) is 32.0 Å². The first-order chi connectivity index (χ1) is 15.4. The lowest BCUT2D eigenvalue weighted by molar-refractivity contribution is -0.122. The van der Waals surface area contributed by atoms with Gasteiger partial charge in [0.25, 0.3) is 5.91 Å². The van der Waals surface area contributed by atoms with E-state index < -0.39 is 6.04 Å². The van der Waals surface area contributed by atoms with E-state index in [0.29, 0.717) is 35.1 Å². The first-order valence-electron chi connectivity index (χ1n) is 10.7. The maximum absolute atomic E-state index is 12.8. The van der Waals surface area contributed by atoms with Gasteiger partial charge in [0.2, 0.25) is 11.8 Å². The number of carbonyl (C=O) groups is 3. The average Bonchev–Trinajstić information content (AvgIpc) is 3.15. The van der Waals surface area contributed by atoms with Crippen LogP contribution in [-0.2, 0) is 9.59 Å². The van der Waals surface area contributed by atoms with E-state index in [1.54, 1.807) is 24.3 Å². The van der Waals surface area contributed by atoms with Crippen molar-refractivity contribution < 1.29 is 14.4 Å². The molecule has 3 amide bonds. The molecule has 166 valence electrons. The van der Waals surface area contributed by atoms with Crippen molar-refractivity contribution in [1.29, 1.82) is 0 Å². The SMILES string of the molecule is CC(C)CC(NC(=O)CCC1NC(=O)c2ccccc2NC1=O)c1nnc2ccccn12. The van der Waals surface area contributed by atoms with Crippen molar-refractivity contribution in [2.75, 3.05) is 5.32 Å². The lowest BCUT2D eigenvalue weighted by atomic mass is 10.0. The van der Waals surface area contributed by atoms with E-state index >= 15 is 0 Å². The number of hydrogen-bond donors (Lipinski definition) is 3. The fourth-order valence-corrected chi connectivity index (χ4v) is 3.85. The van der Waals surface area contributed by atoms with Crippen molar-refractivity contribution in [3.05, 3.63) is 60.0 Å². The molecule has 2 unspecified atom stereocenters. The molecule has 2 atom stereocenters. The van der Waals surface area contributed by atoms with E-state index in [0.717, 1.165) is 0 Å². The Kier molecular flexibility index (Phi) is 6.16. The van der Waals surface area contributed by atoms with Crippen molar-refractivity contribution in [1.82, 2.24) is 25.2 Å². The monoisotopic (exact) mass is 434 g/mol. The Morgan fingerprint density at radius 1 is 1.12 bits per heavy atom. The molecule has 9 nitrogen and oxygen atoms in total. The van der Waals surface area contributed by atoms with Crippen molar-refractivity contribution in [3.8, 4) is 0 Å². The van der Waals surface area contributed by atoms with E-state index in [-0.39, 0.29) is 36.6 Å². The summed E-state index contributed by atoms with van der Waals surface area (Å²) in [4.78, 5) is 37.8. The van der Waals surface area contributed by atoms with Gasteiger partial charge in [-0.3, -0.25) is 18.8 Å².